The molecule has 0 saturated carbocycles. The van der Waals surface area contributed by atoms with E-state index >= 15 is 0 Å². The number of carbonyl (C=O) groups is 2. The van der Waals surface area contributed by atoms with E-state index in [1.807, 2.05) is 26.0 Å². The van der Waals surface area contributed by atoms with E-state index < -0.39 is 11.9 Å². The van der Waals surface area contributed by atoms with Crippen molar-refractivity contribution in [3.8, 4) is 0 Å². The van der Waals surface area contributed by atoms with Gasteiger partial charge in [0, 0.05) is 11.8 Å². The van der Waals surface area contributed by atoms with Gasteiger partial charge in [0.05, 0.1) is 5.92 Å². The van der Waals surface area contributed by atoms with Crippen LogP contribution in [0.2, 0.25) is 0 Å². The smallest absolute Gasteiger partial charge is 0.307 e. The van der Waals surface area contributed by atoms with Crippen LogP contribution in [0, 0.1) is 17.8 Å². The number of aliphatic carboxylic acids is 1. The number of rotatable bonds is 3. The number of ketones is 1. The van der Waals surface area contributed by atoms with E-state index in [2.05, 4.69) is 0 Å². The molecule has 2 unspecified atom stereocenters. The first-order valence-electron chi connectivity index (χ1n) is 4.95. The largest absolute Gasteiger partial charge is 0.481 e. The summed E-state index contributed by atoms with van der Waals surface area (Å²) in [6, 6.07) is 0. The molecule has 1 aliphatic carbocycles. The SMILES string of the molecule is CC(C)C(=O)C1CC=CCC1C(=O)O. The van der Waals surface area contributed by atoms with Gasteiger partial charge in [-0.1, -0.05) is 26.0 Å². The number of hydrogen-bond donors (Lipinski definition) is 1. The Morgan fingerprint density at radius 1 is 1.21 bits per heavy atom. The highest BCUT2D eigenvalue weighted by Crippen LogP contribution is 2.28. The van der Waals surface area contributed by atoms with Crippen molar-refractivity contribution >= 4 is 11.8 Å². The van der Waals surface area contributed by atoms with Crippen molar-refractivity contribution in [1.82, 2.24) is 0 Å². The van der Waals surface area contributed by atoms with Crippen molar-refractivity contribution < 1.29 is 14.7 Å². The van der Waals surface area contributed by atoms with Crippen molar-refractivity contribution in [3.05, 3.63) is 12.2 Å². The zero-order valence-corrected chi connectivity index (χ0v) is 8.56. The van der Waals surface area contributed by atoms with Gasteiger partial charge in [-0.05, 0) is 12.8 Å². The quantitative estimate of drug-likeness (QED) is 0.701. The summed E-state index contributed by atoms with van der Waals surface area (Å²) >= 11 is 0. The Morgan fingerprint density at radius 2 is 1.71 bits per heavy atom. The van der Waals surface area contributed by atoms with E-state index in [1.165, 1.54) is 0 Å². The first-order valence-corrected chi connectivity index (χ1v) is 4.95. The molecular formula is C11H16O3. The van der Waals surface area contributed by atoms with Crippen molar-refractivity contribution in [2.75, 3.05) is 0 Å². The third-order valence-corrected chi connectivity index (χ3v) is 2.68. The first kappa shape index (κ1) is 11.0. The third kappa shape index (κ3) is 2.22. The van der Waals surface area contributed by atoms with Crippen molar-refractivity contribution in [2.24, 2.45) is 17.8 Å². The lowest BCUT2D eigenvalue weighted by molar-refractivity contribution is -0.147. The minimum Gasteiger partial charge on any atom is -0.481 e. The second-order valence-electron chi connectivity index (χ2n) is 4.05. The molecule has 2 atom stereocenters. The van der Waals surface area contributed by atoms with E-state index in [0.717, 1.165) is 0 Å². The summed E-state index contributed by atoms with van der Waals surface area (Å²) in [6.45, 7) is 3.64. The van der Waals surface area contributed by atoms with Gasteiger partial charge in [-0.2, -0.15) is 0 Å². The summed E-state index contributed by atoms with van der Waals surface area (Å²) in [5.74, 6) is -1.70. The number of carboxylic acid groups (broad SMARTS) is 1. The average Bonchev–Trinajstić information content (AvgIpc) is 2.16. The topological polar surface area (TPSA) is 54.4 Å². The van der Waals surface area contributed by atoms with Crippen molar-refractivity contribution in [1.29, 1.82) is 0 Å². The molecule has 3 heteroatoms. The number of allylic oxidation sites excluding steroid dienone is 2. The molecule has 14 heavy (non-hydrogen) atoms. The molecule has 78 valence electrons. The maximum Gasteiger partial charge on any atom is 0.307 e. The van der Waals surface area contributed by atoms with Gasteiger partial charge in [0.25, 0.3) is 0 Å². The molecule has 0 aromatic rings. The van der Waals surface area contributed by atoms with Gasteiger partial charge in [0.1, 0.15) is 5.78 Å². The summed E-state index contributed by atoms with van der Waals surface area (Å²) in [4.78, 5) is 22.6. The Morgan fingerprint density at radius 3 is 2.14 bits per heavy atom. The van der Waals surface area contributed by atoms with Gasteiger partial charge < -0.3 is 5.11 Å². The van der Waals surface area contributed by atoms with Crippen LogP contribution in [0.1, 0.15) is 26.7 Å². The molecule has 1 N–H and O–H groups in total. The van der Waals surface area contributed by atoms with E-state index in [4.69, 9.17) is 5.11 Å². The monoisotopic (exact) mass is 196 g/mol. The lowest BCUT2D eigenvalue weighted by atomic mass is 9.77. The molecule has 0 aromatic heterocycles. The summed E-state index contributed by atoms with van der Waals surface area (Å²) in [7, 11) is 0. The van der Waals surface area contributed by atoms with Crippen LogP contribution in [0.25, 0.3) is 0 Å². The highest BCUT2D eigenvalue weighted by Gasteiger charge is 2.34. The molecule has 3 nitrogen and oxygen atoms in total. The molecule has 0 spiro atoms. The fraction of sp³-hybridized carbons (Fsp3) is 0.636. The fourth-order valence-electron chi connectivity index (χ4n) is 1.83. The van der Waals surface area contributed by atoms with Crippen LogP contribution in [0.4, 0.5) is 0 Å². The van der Waals surface area contributed by atoms with E-state index in [-0.39, 0.29) is 17.6 Å². The molecule has 0 amide bonds. The van der Waals surface area contributed by atoms with Gasteiger partial charge in [0.2, 0.25) is 0 Å². The Balaban J connectivity index is 2.79. The Bertz CT molecular complexity index is 266. The van der Waals surface area contributed by atoms with Gasteiger partial charge in [-0.25, -0.2) is 0 Å². The standard InChI is InChI=1S/C11H16O3/c1-7(2)10(12)8-5-3-4-6-9(8)11(13)14/h3-4,7-9H,5-6H2,1-2H3,(H,13,14). The minimum atomic E-state index is -0.853. The summed E-state index contributed by atoms with van der Waals surface area (Å²) in [5, 5.41) is 8.95. The van der Waals surface area contributed by atoms with Gasteiger partial charge in [-0.15, -0.1) is 0 Å². The zero-order valence-electron chi connectivity index (χ0n) is 8.56. The number of carboxylic acids is 1. The molecule has 0 aromatic carbocycles. The predicted molar refractivity (Wildman–Crippen MR) is 52.8 cm³/mol. The summed E-state index contributed by atoms with van der Waals surface area (Å²) in [5.41, 5.74) is 0. The normalized spacial score (nSPS) is 26.5. The molecule has 0 fully saturated rings. The van der Waals surface area contributed by atoms with Crippen molar-refractivity contribution in [2.45, 2.75) is 26.7 Å². The molecule has 0 saturated heterocycles. The molecule has 0 aliphatic heterocycles. The lowest BCUT2D eigenvalue weighted by Gasteiger charge is -2.25. The second kappa shape index (κ2) is 4.40. The summed E-state index contributed by atoms with van der Waals surface area (Å²) < 4.78 is 0. The zero-order chi connectivity index (χ0) is 10.7. The Hall–Kier alpha value is -1.12. The lowest BCUT2D eigenvalue weighted by Crippen LogP contribution is -2.33. The first-order chi connectivity index (χ1) is 6.54. The number of Topliss-reactive ketones (excluding diaryl/α,β-unsaturated/α-hetero) is 1. The van der Waals surface area contributed by atoms with Crippen LogP contribution >= 0.6 is 0 Å². The van der Waals surface area contributed by atoms with Crippen LogP contribution in [-0.4, -0.2) is 16.9 Å². The molecule has 0 bridgehead atoms. The molecular weight excluding hydrogens is 180 g/mol. The Kier molecular flexibility index (Phi) is 3.44. The molecule has 1 aliphatic rings. The fourth-order valence-corrected chi connectivity index (χ4v) is 1.83. The Labute approximate surface area is 83.8 Å². The number of carbonyl (C=O) groups excluding carboxylic acids is 1. The summed E-state index contributed by atoms with van der Waals surface area (Å²) in [6.07, 6.45) is 4.82. The average molecular weight is 196 g/mol. The van der Waals surface area contributed by atoms with E-state index in [0.29, 0.717) is 12.8 Å². The predicted octanol–water partition coefficient (Wildman–Crippen LogP) is 1.88. The molecule has 1 rings (SSSR count). The minimum absolute atomic E-state index is 0.0711. The van der Waals surface area contributed by atoms with Gasteiger partial charge in [-0.3, -0.25) is 9.59 Å². The van der Waals surface area contributed by atoms with Crippen LogP contribution < -0.4 is 0 Å². The maximum atomic E-state index is 11.7. The van der Waals surface area contributed by atoms with E-state index in [1.54, 1.807) is 0 Å². The van der Waals surface area contributed by atoms with E-state index in [9.17, 15) is 9.59 Å². The second-order valence-corrected chi connectivity index (χ2v) is 4.05. The van der Waals surface area contributed by atoms with Crippen molar-refractivity contribution in [3.63, 3.8) is 0 Å². The highest BCUT2D eigenvalue weighted by molar-refractivity contribution is 5.88. The van der Waals surface area contributed by atoms with Gasteiger partial charge >= 0.3 is 5.97 Å². The maximum absolute atomic E-state index is 11.7. The third-order valence-electron chi connectivity index (χ3n) is 2.68. The molecule has 0 radical (unpaired) electrons. The van der Waals surface area contributed by atoms with Crippen LogP contribution in [-0.2, 0) is 9.59 Å². The van der Waals surface area contributed by atoms with Crippen LogP contribution in [0.5, 0.6) is 0 Å². The van der Waals surface area contributed by atoms with Gasteiger partial charge in [0.15, 0.2) is 0 Å². The number of hydrogen-bond acceptors (Lipinski definition) is 2. The molecule has 0 heterocycles. The van der Waals surface area contributed by atoms with Crippen LogP contribution in [0.15, 0.2) is 12.2 Å². The van der Waals surface area contributed by atoms with Crippen LogP contribution in [0.3, 0.4) is 0 Å². The highest BCUT2D eigenvalue weighted by atomic mass is 16.4.